The number of cyclic esters (lactones) is 2. The Bertz CT molecular complexity index is 2170. The third-order valence-corrected chi connectivity index (χ3v) is 12.2. The molecule has 3 aliphatic rings. The van der Waals surface area contributed by atoms with E-state index in [1.807, 2.05) is 12.1 Å². The van der Waals surface area contributed by atoms with Crippen LogP contribution in [0.5, 0.6) is 23.0 Å². The molecule has 6 heteroatoms. The monoisotopic (exact) mass is 756 g/mol. The second kappa shape index (κ2) is 12.5. The topological polar surface area (TPSA) is 71.1 Å². The standard InChI is InChI=1S/C50H60O6/c1-45(2,3)29-17-27-25-53-43(51)33-19-31(47(7,8)9)23-37-41(33)56-42-34(20-32(48(10,11)12)24-38(42)50(37,15)16)44(52)54-26-28-18-30(46(4,5)6)22-36-40(28)55-39(27)35(21-29)49(36,13)14/h17-24H,25-26H2,1-16H3. The highest BCUT2D eigenvalue weighted by Gasteiger charge is 2.43. The summed E-state index contributed by atoms with van der Waals surface area (Å²) < 4.78 is 26.6. The van der Waals surface area contributed by atoms with Gasteiger partial charge >= 0.3 is 11.9 Å². The molecule has 56 heavy (non-hydrogen) atoms. The van der Waals surface area contributed by atoms with Crippen LogP contribution in [0.1, 0.15) is 187 Å². The number of esters is 2. The Kier molecular flexibility index (Phi) is 8.82. The van der Waals surface area contributed by atoms with E-state index in [9.17, 15) is 9.59 Å². The van der Waals surface area contributed by atoms with Crippen molar-refractivity contribution >= 4 is 11.9 Å². The zero-order chi connectivity index (χ0) is 41.3. The average Bonchev–Trinajstić information content (AvgIpc) is 3.06. The number of hydrogen-bond donors (Lipinski definition) is 0. The van der Waals surface area contributed by atoms with E-state index in [1.54, 1.807) is 0 Å². The summed E-state index contributed by atoms with van der Waals surface area (Å²) >= 11 is 0. The van der Waals surface area contributed by atoms with Gasteiger partial charge in [0.05, 0.1) is 0 Å². The highest BCUT2D eigenvalue weighted by atomic mass is 16.5. The third kappa shape index (κ3) is 6.51. The van der Waals surface area contributed by atoms with Gasteiger partial charge in [-0.2, -0.15) is 0 Å². The maximum Gasteiger partial charge on any atom is 0.342 e. The van der Waals surface area contributed by atoms with E-state index >= 15 is 0 Å². The van der Waals surface area contributed by atoms with Crippen molar-refractivity contribution in [3.63, 3.8) is 0 Å². The lowest BCUT2D eigenvalue weighted by atomic mass is 9.70. The van der Waals surface area contributed by atoms with Gasteiger partial charge in [0.15, 0.2) is 0 Å². The first-order chi connectivity index (χ1) is 25.6. The molecular formula is C50H60O6. The van der Waals surface area contributed by atoms with Crippen LogP contribution in [0.2, 0.25) is 0 Å². The first kappa shape index (κ1) is 39.6. The molecule has 0 atom stereocenters. The number of ether oxygens (including phenoxy) is 4. The molecule has 3 heterocycles. The van der Waals surface area contributed by atoms with Crippen molar-refractivity contribution < 1.29 is 28.5 Å². The molecular weight excluding hydrogens is 697 g/mol. The highest BCUT2D eigenvalue weighted by molar-refractivity contribution is 5.97. The Morgan fingerprint density at radius 3 is 0.982 bits per heavy atom. The number of rotatable bonds is 0. The van der Waals surface area contributed by atoms with E-state index in [0.29, 0.717) is 34.1 Å². The molecule has 0 saturated heterocycles. The minimum absolute atomic E-state index is 0.00438. The van der Waals surface area contributed by atoms with E-state index in [1.165, 1.54) is 0 Å². The third-order valence-electron chi connectivity index (χ3n) is 12.2. The van der Waals surface area contributed by atoms with Gasteiger partial charge in [-0.1, -0.05) is 135 Å². The lowest BCUT2D eigenvalue weighted by molar-refractivity contribution is 0.0466. The van der Waals surface area contributed by atoms with Gasteiger partial charge in [0.25, 0.3) is 0 Å². The SMILES string of the molecule is CC(C)(C)c1cc2c3c(c1)C(C)(C)c1cc(C(C)(C)C)cc(c1O3)COC(=O)c1cc(C(C)(C)C)cc3c1Oc1c(cc(C(C)(C)C)cc1C3(C)C)C(=O)OC2. The fourth-order valence-corrected chi connectivity index (χ4v) is 8.14. The Labute approximate surface area is 334 Å². The maximum absolute atomic E-state index is 14.6. The van der Waals surface area contributed by atoms with Crippen molar-refractivity contribution in [3.05, 3.63) is 115 Å². The molecule has 0 saturated carbocycles. The number of benzene rings is 4. The predicted molar refractivity (Wildman–Crippen MR) is 223 cm³/mol. The number of carbonyl (C=O) groups excluding carboxylic acids is 2. The highest BCUT2D eigenvalue weighted by Crippen LogP contribution is 2.55. The maximum atomic E-state index is 14.6. The van der Waals surface area contributed by atoms with Crippen molar-refractivity contribution in [2.24, 2.45) is 0 Å². The van der Waals surface area contributed by atoms with E-state index < -0.39 is 22.8 Å². The van der Waals surface area contributed by atoms with Crippen molar-refractivity contribution in [1.29, 1.82) is 0 Å². The van der Waals surface area contributed by atoms with Crippen molar-refractivity contribution in [1.82, 2.24) is 0 Å². The van der Waals surface area contributed by atoms with Crippen LogP contribution in [0.4, 0.5) is 0 Å². The molecule has 4 bridgehead atoms. The van der Waals surface area contributed by atoms with Gasteiger partial charge in [-0.15, -0.1) is 0 Å². The summed E-state index contributed by atoms with van der Waals surface area (Å²) in [6.07, 6.45) is 0. The van der Waals surface area contributed by atoms with Crippen LogP contribution in [0.15, 0.2) is 48.5 Å². The van der Waals surface area contributed by atoms with Gasteiger partial charge in [-0.05, 0) is 68.2 Å². The Hall–Kier alpha value is -4.58. The van der Waals surface area contributed by atoms with Crippen LogP contribution in [-0.4, -0.2) is 11.9 Å². The van der Waals surface area contributed by atoms with E-state index in [2.05, 4.69) is 147 Å². The molecule has 0 aromatic heterocycles. The summed E-state index contributed by atoms with van der Waals surface area (Å²) in [7, 11) is 0. The molecule has 4 aromatic carbocycles. The van der Waals surface area contributed by atoms with Crippen LogP contribution >= 0.6 is 0 Å². The van der Waals surface area contributed by atoms with E-state index in [4.69, 9.17) is 18.9 Å². The molecule has 6 nitrogen and oxygen atoms in total. The molecule has 0 N–H and O–H groups in total. The zero-order valence-corrected chi connectivity index (χ0v) is 36.5. The first-order valence-electron chi connectivity index (χ1n) is 20.0. The van der Waals surface area contributed by atoms with Crippen molar-refractivity contribution in [2.45, 2.75) is 156 Å². The van der Waals surface area contributed by atoms with Crippen LogP contribution in [0.3, 0.4) is 0 Å². The number of carbonyl (C=O) groups is 2. The minimum atomic E-state index is -0.645. The molecule has 0 unspecified atom stereocenters. The second-order valence-electron chi connectivity index (χ2n) is 21.4. The summed E-state index contributed by atoms with van der Waals surface area (Å²) in [5.41, 5.74) is 8.09. The molecule has 0 amide bonds. The normalized spacial score (nSPS) is 17.4. The largest absolute Gasteiger partial charge is 0.457 e. The average molecular weight is 757 g/mol. The van der Waals surface area contributed by atoms with Gasteiger partial charge in [0, 0.05) is 44.2 Å². The van der Waals surface area contributed by atoms with E-state index in [-0.39, 0.29) is 34.9 Å². The second-order valence-corrected chi connectivity index (χ2v) is 21.4. The molecule has 0 fully saturated rings. The van der Waals surface area contributed by atoms with Crippen LogP contribution in [0, 0.1) is 0 Å². The van der Waals surface area contributed by atoms with Crippen molar-refractivity contribution in [2.75, 3.05) is 0 Å². The van der Waals surface area contributed by atoms with Crippen LogP contribution in [0.25, 0.3) is 0 Å². The van der Waals surface area contributed by atoms with Gasteiger partial charge < -0.3 is 18.9 Å². The summed E-state index contributed by atoms with van der Waals surface area (Å²) in [6.45, 7) is 34.7. The van der Waals surface area contributed by atoms with Crippen molar-refractivity contribution in [3.8, 4) is 23.0 Å². The fourth-order valence-electron chi connectivity index (χ4n) is 8.14. The number of hydrogen-bond acceptors (Lipinski definition) is 6. The summed E-state index contributed by atoms with van der Waals surface area (Å²) in [5, 5.41) is 0. The van der Waals surface area contributed by atoms with Gasteiger partial charge in [0.1, 0.15) is 47.3 Å². The summed E-state index contributed by atoms with van der Waals surface area (Å²) in [5.74, 6) is 1.12. The Morgan fingerprint density at radius 1 is 0.411 bits per heavy atom. The van der Waals surface area contributed by atoms with Crippen LogP contribution < -0.4 is 9.47 Å². The predicted octanol–water partition coefficient (Wildman–Crippen LogP) is 12.8. The van der Waals surface area contributed by atoms with Gasteiger partial charge in [-0.25, -0.2) is 9.59 Å². The molecule has 7 rings (SSSR count). The summed E-state index contributed by atoms with van der Waals surface area (Å²) in [4.78, 5) is 29.3. The lowest BCUT2D eigenvalue weighted by Gasteiger charge is -2.39. The lowest BCUT2D eigenvalue weighted by Crippen LogP contribution is -2.30. The first-order valence-corrected chi connectivity index (χ1v) is 20.0. The van der Waals surface area contributed by atoms with Gasteiger partial charge in [0.2, 0.25) is 0 Å². The molecule has 0 aliphatic carbocycles. The Morgan fingerprint density at radius 2 is 0.679 bits per heavy atom. The van der Waals surface area contributed by atoms with E-state index in [0.717, 1.165) is 55.6 Å². The zero-order valence-electron chi connectivity index (χ0n) is 36.5. The Balaban J connectivity index is 1.53. The molecule has 3 aliphatic heterocycles. The molecule has 0 radical (unpaired) electrons. The fraction of sp³-hybridized carbons (Fsp3) is 0.480. The van der Waals surface area contributed by atoms with Crippen LogP contribution in [-0.2, 0) is 55.2 Å². The van der Waals surface area contributed by atoms with Gasteiger partial charge in [-0.3, -0.25) is 0 Å². The quantitative estimate of drug-likeness (QED) is 0.166. The molecule has 296 valence electrons. The smallest absolute Gasteiger partial charge is 0.342 e. The minimum Gasteiger partial charge on any atom is -0.457 e. The molecule has 0 spiro atoms. The summed E-state index contributed by atoms with van der Waals surface area (Å²) in [6, 6.07) is 16.8. The molecule has 4 aromatic rings.